The van der Waals surface area contributed by atoms with Gasteiger partial charge in [0, 0.05) is 15.5 Å². The number of halogens is 2. The lowest BCUT2D eigenvalue weighted by molar-refractivity contribution is 0.310. The molecular formula is C14H19BrClNO2S. The summed E-state index contributed by atoms with van der Waals surface area (Å²) in [6, 6.07) is 3.26. The highest BCUT2D eigenvalue weighted by Gasteiger charge is 2.28. The van der Waals surface area contributed by atoms with Crippen molar-refractivity contribution in [1.82, 2.24) is 4.72 Å². The van der Waals surface area contributed by atoms with Crippen LogP contribution < -0.4 is 4.72 Å². The minimum Gasteiger partial charge on any atom is -0.208 e. The highest BCUT2D eigenvalue weighted by atomic mass is 79.9. The van der Waals surface area contributed by atoms with Crippen LogP contribution in [0.5, 0.6) is 0 Å². The van der Waals surface area contributed by atoms with Gasteiger partial charge in [-0.1, -0.05) is 31.4 Å². The normalized spacial score (nSPS) is 23.8. The van der Waals surface area contributed by atoms with Gasteiger partial charge in [-0.3, -0.25) is 0 Å². The summed E-state index contributed by atoms with van der Waals surface area (Å²) >= 11 is 9.37. The maximum atomic E-state index is 12.5. The Balaban J connectivity index is 2.28. The molecule has 0 spiro atoms. The molecule has 1 fully saturated rings. The molecule has 6 heteroatoms. The summed E-state index contributed by atoms with van der Waals surface area (Å²) in [6.07, 6.45) is 4.23. The number of sulfonamides is 1. The summed E-state index contributed by atoms with van der Waals surface area (Å²) in [4.78, 5) is 0.214. The lowest BCUT2D eigenvalue weighted by Crippen LogP contribution is -2.41. The van der Waals surface area contributed by atoms with Crippen molar-refractivity contribution in [1.29, 1.82) is 0 Å². The van der Waals surface area contributed by atoms with Gasteiger partial charge in [0.15, 0.2) is 0 Å². The first kappa shape index (κ1) is 16.3. The summed E-state index contributed by atoms with van der Waals surface area (Å²) in [6.45, 7) is 3.95. The molecule has 2 atom stereocenters. The number of hydrogen-bond donors (Lipinski definition) is 1. The van der Waals surface area contributed by atoms with Crippen molar-refractivity contribution < 1.29 is 8.42 Å². The van der Waals surface area contributed by atoms with Crippen LogP contribution in [-0.2, 0) is 10.0 Å². The molecule has 112 valence electrons. The molecule has 0 aromatic heterocycles. The smallest absolute Gasteiger partial charge is 0.208 e. The number of benzene rings is 1. The van der Waals surface area contributed by atoms with E-state index in [0.29, 0.717) is 15.4 Å². The Morgan fingerprint density at radius 1 is 1.30 bits per heavy atom. The molecule has 0 bridgehead atoms. The Morgan fingerprint density at radius 2 is 1.95 bits per heavy atom. The highest BCUT2D eigenvalue weighted by molar-refractivity contribution is 9.10. The Bertz CT molecular complexity index is 603. The fraction of sp³-hybridized carbons (Fsp3) is 0.571. The lowest BCUT2D eigenvalue weighted by Gasteiger charge is -2.29. The van der Waals surface area contributed by atoms with E-state index in [4.69, 9.17) is 11.6 Å². The number of hydrogen-bond acceptors (Lipinski definition) is 2. The molecule has 3 nitrogen and oxygen atoms in total. The van der Waals surface area contributed by atoms with Gasteiger partial charge in [0.1, 0.15) is 0 Å². The Kier molecular flexibility index (Phi) is 5.16. The molecule has 1 saturated carbocycles. The van der Waals surface area contributed by atoms with Crippen molar-refractivity contribution in [3.8, 4) is 0 Å². The molecule has 1 aliphatic rings. The predicted octanol–water partition coefficient (Wildman–Crippen LogP) is 4.27. The van der Waals surface area contributed by atoms with E-state index in [2.05, 4.69) is 27.6 Å². The summed E-state index contributed by atoms with van der Waals surface area (Å²) < 4.78 is 28.4. The van der Waals surface area contributed by atoms with Crippen molar-refractivity contribution in [2.45, 2.75) is 50.5 Å². The Hall–Kier alpha value is -0.100. The molecule has 1 N–H and O–H groups in total. The third-order valence-electron chi connectivity index (χ3n) is 3.92. The third-order valence-corrected chi connectivity index (χ3v) is 6.78. The fourth-order valence-electron chi connectivity index (χ4n) is 2.59. The van der Waals surface area contributed by atoms with Crippen LogP contribution in [0, 0.1) is 12.8 Å². The van der Waals surface area contributed by atoms with Gasteiger partial charge in [0.05, 0.1) is 4.90 Å². The van der Waals surface area contributed by atoms with Gasteiger partial charge in [-0.05, 0) is 59.3 Å². The van der Waals surface area contributed by atoms with Crippen LogP contribution in [0.4, 0.5) is 0 Å². The first-order valence-electron chi connectivity index (χ1n) is 6.79. The Labute approximate surface area is 134 Å². The zero-order valence-corrected chi connectivity index (χ0v) is 14.8. The van der Waals surface area contributed by atoms with Crippen LogP contribution in [0.25, 0.3) is 0 Å². The summed E-state index contributed by atoms with van der Waals surface area (Å²) in [5, 5.41) is 0.463. The van der Waals surface area contributed by atoms with Crippen LogP contribution in [0.3, 0.4) is 0 Å². The molecule has 0 saturated heterocycles. The molecule has 0 aliphatic heterocycles. The average Bonchev–Trinajstić information content (AvgIpc) is 2.36. The van der Waals surface area contributed by atoms with Crippen LogP contribution >= 0.6 is 27.5 Å². The first-order valence-corrected chi connectivity index (χ1v) is 9.44. The number of nitrogens with one attached hydrogen (secondary N) is 1. The predicted molar refractivity (Wildman–Crippen MR) is 85.6 cm³/mol. The first-order chi connectivity index (χ1) is 9.31. The molecule has 0 amide bonds. The summed E-state index contributed by atoms with van der Waals surface area (Å²) in [5.74, 6) is 0.373. The van der Waals surface area contributed by atoms with E-state index < -0.39 is 10.0 Å². The number of rotatable bonds is 3. The van der Waals surface area contributed by atoms with Crippen molar-refractivity contribution >= 4 is 37.6 Å². The van der Waals surface area contributed by atoms with E-state index >= 15 is 0 Å². The average molecular weight is 381 g/mol. The van der Waals surface area contributed by atoms with Gasteiger partial charge in [-0.15, -0.1) is 0 Å². The molecule has 2 rings (SSSR count). The molecule has 0 heterocycles. The van der Waals surface area contributed by atoms with Crippen LogP contribution in [0.2, 0.25) is 5.02 Å². The van der Waals surface area contributed by atoms with Gasteiger partial charge < -0.3 is 0 Å². The minimum absolute atomic E-state index is 0.0146. The maximum Gasteiger partial charge on any atom is 0.242 e. The van der Waals surface area contributed by atoms with E-state index in [-0.39, 0.29) is 10.9 Å². The van der Waals surface area contributed by atoms with Crippen LogP contribution in [0.1, 0.15) is 38.2 Å². The molecule has 1 aromatic carbocycles. The van der Waals surface area contributed by atoms with E-state index in [1.165, 1.54) is 12.5 Å². The Morgan fingerprint density at radius 3 is 2.60 bits per heavy atom. The molecule has 0 radical (unpaired) electrons. The van der Waals surface area contributed by atoms with E-state index in [0.717, 1.165) is 24.8 Å². The third kappa shape index (κ3) is 3.56. The molecule has 1 aliphatic carbocycles. The SMILES string of the molecule is Cc1cc(Br)c(S(=O)(=O)N[C@H]2CCCC[C@H]2C)cc1Cl. The molecule has 0 unspecified atom stereocenters. The standard InChI is InChI=1S/C14H19BrClNO2S/c1-9-5-3-4-6-13(9)17-20(18,19)14-8-12(16)10(2)7-11(14)15/h7-9,13,17H,3-6H2,1-2H3/t9-,13+/m1/s1. The van der Waals surface area contributed by atoms with Gasteiger partial charge in [0.25, 0.3) is 0 Å². The minimum atomic E-state index is -3.54. The highest BCUT2D eigenvalue weighted by Crippen LogP contribution is 2.30. The number of aryl methyl sites for hydroxylation is 1. The van der Waals surface area contributed by atoms with Crippen molar-refractivity contribution in [3.05, 3.63) is 27.2 Å². The van der Waals surface area contributed by atoms with Crippen molar-refractivity contribution in [2.24, 2.45) is 5.92 Å². The summed E-state index contributed by atoms with van der Waals surface area (Å²) in [7, 11) is -3.54. The van der Waals surface area contributed by atoms with Gasteiger partial charge in [0.2, 0.25) is 10.0 Å². The second-order valence-corrected chi connectivity index (χ2v) is 8.47. The second kappa shape index (κ2) is 6.34. The lowest BCUT2D eigenvalue weighted by atomic mass is 9.87. The largest absolute Gasteiger partial charge is 0.242 e. The van der Waals surface area contributed by atoms with Crippen molar-refractivity contribution in [3.63, 3.8) is 0 Å². The van der Waals surface area contributed by atoms with Gasteiger partial charge in [-0.2, -0.15) is 0 Å². The monoisotopic (exact) mass is 379 g/mol. The van der Waals surface area contributed by atoms with E-state index in [1.54, 1.807) is 6.07 Å². The topological polar surface area (TPSA) is 46.2 Å². The second-order valence-electron chi connectivity index (χ2n) is 5.52. The van der Waals surface area contributed by atoms with Gasteiger partial charge >= 0.3 is 0 Å². The molecule has 20 heavy (non-hydrogen) atoms. The van der Waals surface area contributed by atoms with E-state index in [9.17, 15) is 8.42 Å². The zero-order valence-electron chi connectivity index (χ0n) is 11.6. The quantitative estimate of drug-likeness (QED) is 0.851. The summed E-state index contributed by atoms with van der Waals surface area (Å²) in [5.41, 5.74) is 0.850. The molecular weight excluding hydrogens is 362 g/mol. The molecule has 1 aromatic rings. The van der Waals surface area contributed by atoms with Crippen LogP contribution in [0.15, 0.2) is 21.5 Å². The van der Waals surface area contributed by atoms with Gasteiger partial charge in [-0.25, -0.2) is 13.1 Å². The van der Waals surface area contributed by atoms with Crippen LogP contribution in [-0.4, -0.2) is 14.5 Å². The zero-order chi connectivity index (χ0) is 14.9. The maximum absolute atomic E-state index is 12.5. The fourth-order valence-corrected chi connectivity index (χ4v) is 5.38. The van der Waals surface area contributed by atoms with E-state index in [1.807, 2.05) is 6.92 Å². The van der Waals surface area contributed by atoms with Crippen molar-refractivity contribution in [2.75, 3.05) is 0 Å².